The molecule has 8 nitrogen and oxygen atoms in total. The Labute approximate surface area is 180 Å². The van der Waals surface area contributed by atoms with Crippen molar-refractivity contribution in [1.29, 1.82) is 0 Å². The van der Waals surface area contributed by atoms with Crippen LogP contribution in [0.1, 0.15) is 5.76 Å². The summed E-state index contributed by atoms with van der Waals surface area (Å²) in [6.07, 6.45) is 1.56. The monoisotopic (exact) mass is 497 g/mol. The first-order valence-electron chi connectivity index (χ1n) is 8.69. The molecule has 0 saturated carbocycles. The number of benzene rings is 2. The molecule has 2 heterocycles. The second-order valence-electron chi connectivity index (χ2n) is 5.80. The van der Waals surface area contributed by atoms with Crippen LogP contribution in [0.5, 0.6) is 0 Å². The third kappa shape index (κ3) is 5.51. The van der Waals surface area contributed by atoms with E-state index in [1.807, 2.05) is 72.8 Å². The van der Waals surface area contributed by atoms with Gasteiger partial charge in [-0.2, -0.15) is 20.1 Å². The summed E-state index contributed by atoms with van der Waals surface area (Å²) in [6.45, 7) is 0. The van der Waals surface area contributed by atoms with Crippen LogP contribution in [0.4, 0.5) is 29.2 Å². The van der Waals surface area contributed by atoms with Crippen molar-refractivity contribution in [2.24, 2.45) is 5.10 Å². The average molecular weight is 497 g/mol. The Balaban J connectivity index is 1.57. The van der Waals surface area contributed by atoms with Gasteiger partial charge in [0.2, 0.25) is 17.8 Å². The number of hydrazone groups is 1. The number of anilines is 5. The number of rotatable bonds is 7. The van der Waals surface area contributed by atoms with Gasteiger partial charge in [-0.1, -0.05) is 36.4 Å². The minimum Gasteiger partial charge on any atom is -0.449 e. The number of aromatic nitrogens is 3. The predicted octanol–water partition coefficient (Wildman–Crippen LogP) is 5.00. The molecular formula is C20H16IN7O. The fourth-order valence-corrected chi connectivity index (χ4v) is 2.82. The van der Waals surface area contributed by atoms with E-state index >= 15 is 0 Å². The molecule has 0 bridgehead atoms. The zero-order chi connectivity index (χ0) is 19.9. The first kappa shape index (κ1) is 18.9. The quantitative estimate of drug-likeness (QED) is 0.188. The van der Waals surface area contributed by atoms with E-state index in [2.05, 4.69) is 58.7 Å². The largest absolute Gasteiger partial charge is 0.449 e. The number of hydrogen-bond donors (Lipinski definition) is 3. The maximum absolute atomic E-state index is 5.45. The molecule has 4 aromatic rings. The Morgan fingerprint density at radius 3 is 1.79 bits per heavy atom. The zero-order valence-electron chi connectivity index (χ0n) is 15.1. The number of halogens is 1. The molecule has 144 valence electrons. The summed E-state index contributed by atoms with van der Waals surface area (Å²) < 4.78 is 6.23. The van der Waals surface area contributed by atoms with Crippen LogP contribution in [0.3, 0.4) is 0 Å². The van der Waals surface area contributed by atoms with E-state index in [1.165, 1.54) is 0 Å². The molecule has 2 aromatic carbocycles. The van der Waals surface area contributed by atoms with E-state index in [9.17, 15) is 0 Å². The molecule has 9 heteroatoms. The molecule has 0 fully saturated rings. The minimum absolute atomic E-state index is 0.286. The van der Waals surface area contributed by atoms with Gasteiger partial charge in [-0.05, 0) is 59.0 Å². The molecule has 2 aromatic heterocycles. The van der Waals surface area contributed by atoms with Gasteiger partial charge < -0.3 is 15.1 Å². The van der Waals surface area contributed by atoms with Crippen LogP contribution in [0.25, 0.3) is 0 Å². The molecule has 0 aliphatic rings. The van der Waals surface area contributed by atoms with Gasteiger partial charge in [0.05, 0.1) is 6.21 Å². The van der Waals surface area contributed by atoms with Gasteiger partial charge >= 0.3 is 0 Å². The molecular weight excluding hydrogens is 481 g/mol. The van der Waals surface area contributed by atoms with Gasteiger partial charge in [0, 0.05) is 11.4 Å². The standard InChI is InChI=1S/C20H16IN7O/c21-17-12-11-16(29-17)13-22-28-20-26-18(23-14-7-3-1-4-8-14)25-19(27-20)24-15-9-5-2-6-10-15/h1-13H,(H3,23,24,25,26,27,28)/b22-13+. The van der Waals surface area contributed by atoms with E-state index in [1.54, 1.807) is 6.21 Å². The van der Waals surface area contributed by atoms with Crippen molar-refractivity contribution < 1.29 is 4.42 Å². The molecule has 0 unspecified atom stereocenters. The van der Waals surface area contributed by atoms with Crippen LogP contribution < -0.4 is 16.1 Å². The number of hydrogen-bond acceptors (Lipinski definition) is 8. The van der Waals surface area contributed by atoms with E-state index in [0.717, 1.165) is 15.1 Å². The Morgan fingerprint density at radius 1 is 0.724 bits per heavy atom. The van der Waals surface area contributed by atoms with Crippen molar-refractivity contribution in [1.82, 2.24) is 15.0 Å². The lowest BCUT2D eigenvalue weighted by atomic mass is 10.3. The summed E-state index contributed by atoms with van der Waals surface area (Å²) in [7, 11) is 0. The Hall–Kier alpha value is -3.47. The SMILES string of the molecule is Ic1ccc(/C=N/Nc2nc(Nc3ccccc3)nc(Nc3ccccc3)n2)o1. The van der Waals surface area contributed by atoms with E-state index in [4.69, 9.17) is 4.42 Å². The summed E-state index contributed by atoms with van der Waals surface area (Å²) in [5, 5.41) is 10.5. The van der Waals surface area contributed by atoms with Gasteiger partial charge in [-0.3, -0.25) is 0 Å². The van der Waals surface area contributed by atoms with Crippen molar-refractivity contribution in [2.45, 2.75) is 0 Å². The van der Waals surface area contributed by atoms with Gasteiger partial charge in [0.15, 0.2) is 3.77 Å². The lowest BCUT2D eigenvalue weighted by Crippen LogP contribution is -2.07. The summed E-state index contributed by atoms with van der Waals surface area (Å²) >= 11 is 2.10. The van der Waals surface area contributed by atoms with Gasteiger partial charge in [0.1, 0.15) is 5.76 Å². The lowest BCUT2D eigenvalue weighted by molar-refractivity contribution is 0.531. The Morgan fingerprint density at radius 2 is 1.28 bits per heavy atom. The number of nitrogens with one attached hydrogen (secondary N) is 3. The van der Waals surface area contributed by atoms with Crippen molar-refractivity contribution in [3.63, 3.8) is 0 Å². The maximum atomic E-state index is 5.45. The third-order valence-corrected chi connectivity index (χ3v) is 4.23. The zero-order valence-corrected chi connectivity index (χ0v) is 17.2. The molecule has 0 atom stereocenters. The number of furan rings is 1. The van der Waals surface area contributed by atoms with E-state index < -0.39 is 0 Å². The average Bonchev–Trinajstić information content (AvgIpc) is 3.14. The highest BCUT2D eigenvalue weighted by Crippen LogP contribution is 2.18. The fourth-order valence-electron chi connectivity index (χ4n) is 2.39. The van der Waals surface area contributed by atoms with Gasteiger partial charge in [-0.25, -0.2) is 5.43 Å². The molecule has 3 N–H and O–H groups in total. The minimum atomic E-state index is 0.286. The highest BCUT2D eigenvalue weighted by atomic mass is 127. The molecule has 4 rings (SSSR count). The van der Waals surface area contributed by atoms with Gasteiger partial charge in [-0.15, -0.1) is 0 Å². The van der Waals surface area contributed by atoms with Crippen LogP contribution in [-0.2, 0) is 0 Å². The van der Waals surface area contributed by atoms with Crippen LogP contribution >= 0.6 is 22.6 Å². The van der Waals surface area contributed by atoms with Gasteiger partial charge in [0.25, 0.3) is 0 Å². The van der Waals surface area contributed by atoms with Crippen molar-refractivity contribution >= 4 is 58.0 Å². The summed E-state index contributed by atoms with van der Waals surface area (Å²) in [4.78, 5) is 13.2. The number of para-hydroxylation sites is 2. The van der Waals surface area contributed by atoms with Crippen LogP contribution in [0, 0.1) is 3.77 Å². The Bertz CT molecular complexity index is 1040. The first-order valence-corrected chi connectivity index (χ1v) is 9.77. The predicted molar refractivity (Wildman–Crippen MR) is 122 cm³/mol. The third-order valence-electron chi connectivity index (χ3n) is 3.65. The fraction of sp³-hybridized carbons (Fsp3) is 0. The first-order chi connectivity index (χ1) is 14.2. The lowest BCUT2D eigenvalue weighted by Gasteiger charge is -2.10. The van der Waals surface area contributed by atoms with Crippen molar-refractivity contribution in [3.05, 3.63) is 82.3 Å². The summed E-state index contributed by atoms with van der Waals surface area (Å²) in [5.74, 6) is 1.68. The number of nitrogens with zero attached hydrogens (tertiary/aromatic N) is 4. The van der Waals surface area contributed by atoms with Crippen LogP contribution in [0.15, 0.2) is 82.3 Å². The van der Waals surface area contributed by atoms with E-state index in [-0.39, 0.29) is 5.95 Å². The smallest absolute Gasteiger partial charge is 0.250 e. The normalized spacial score (nSPS) is 10.8. The highest BCUT2D eigenvalue weighted by molar-refractivity contribution is 14.1. The molecule has 29 heavy (non-hydrogen) atoms. The second kappa shape index (κ2) is 9.15. The van der Waals surface area contributed by atoms with E-state index in [0.29, 0.717) is 17.7 Å². The van der Waals surface area contributed by atoms with Crippen LogP contribution in [-0.4, -0.2) is 21.2 Å². The van der Waals surface area contributed by atoms with Crippen molar-refractivity contribution in [3.8, 4) is 0 Å². The second-order valence-corrected chi connectivity index (χ2v) is 6.86. The Kier molecular flexibility index (Phi) is 5.95. The molecule has 0 amide bonds. The molecule has 0 aliphatic carbocycles. The molecule has 0 radical (unpaired) electrons. The maximum Gasteiger partial charge on any atom is 0.250 e. The van der Waals surface area contributed by atoms with Crippen molar-refractivity contribution in [2.75, 3.05) is 16.1 Å². The topological polar surface area (TPSA) is 100 Å². The van der Waals surface area contributed by atoms with Crippen LogP contribution in [0.2, 0.25) is 0 Å². The highest BCUT2D eigenvalue weighted by Gasteiger charge is 2.07. The summed E-state index contributed by atoms with van der Waals surface area (Å²) in [5.41, 5.74) is 4.55. The molecule has 0 saturated heterocycles. The molecule has 0 spiro atoms. The summed E-state index contributed by atoms with van der Waals surface area (Å²) in [6, 6.07) is 23.0. The molecule has 0 aliphatic heterocycles.